The summed E-state index contributed by atoms with van der Waals surface area (Å²) in [6.07, 6.45) is 1.72. The van der Waals surface area contributed by atoms with E-state index in [2.05, 4.69) is 20.6 Å². The van der Waals surface area contributed by atoms with Gasteiger partial charge in [0.05, 0.1) is 17.2 Å². The Morgan fingerprint density at radius 2 is 2.00 bits per heavy atom. The molecule has 9 heteroatoms. The van der Waals surface area contributed by atoms with Crippen molar-refractivity contribution in [3.05, 3.63) is 76.3 Å². The van der Waals surface area contributed by atoms with Crippen LogP contribution < -0.4 is 21.1 Å². The quantitative estimate of drug-likeness (QED) is 0.412. The molecule has 9 nitrogen and oxygen atoms in total. The van der Waals surface area contributed by atoms with E-state index in [1.54, 1.807) is 31.4 Å². The van der Waals surface area contributed by atoms with E-state index >= 15 is 0 Å². The Morgan fingerprint density at radius 3 is 2.80 bits per heavy atom. The highest BCUT2D eigenvalue weighted by Crippen LogP contribution is 2.33. The molecule has 2 amide bonds. The van der Waals surface area contributed by atoms with Gasteiger partial charge in [-0.15, -0.1) is 0 Å². The summed E-state index contributed by atoms with van der Waals surface area (Å²) in [6.45, 7) is 3.79. The van der Waals surface area contributed by atoms with Crippen molar-refractivity contribution in [1.29, 1.82) is 0 Å². The molecule has 2 aromatic heterocycles. The fraction of sp³-hybridized carbons (Fsp3) is 0.231. The molecule has 3 heterocycles. The number of amides is 2. The second-order valence-corrected chi connectivity index (χ2v) is 8.62. The number of ether oxygens (including phenoxy) is 1. The lowest BCUT2D eigenvalue weighted by atomic mass is 10.0. The van der Waals surface area contributed by atoms with Gasteiger partial charge in [0.15, 0.2) is 11.8 Å². The highest BCUT2D eigenvalue weighted by Gasteiger charge is 2.26. The monoisotopic (exact) mass is 471 g/mol. The number of rotatable bonds is 5. The Balaban J connectivity index is 1.35. The second-order valence-electron chi connectivity index (χ2n) is 8.62. The molecule has 2 atom stereocenters. The van der Waals surface area contributed by atoms with Gasteiger partial charge in [0.25, 0.3) is 11.8 Å². The van der Waals surface area contributed by atoms with Crippen LogP contribution in [-0.2, 0) is 11.8 Å². The molecule has 4 aromatic rings. The van der Waals surface area contributed by atoms with Gasteiger partial charge in [-0.1, -0.05) is 25.1 Å². The molecule has 0 bridgehead atoms. The third-order valence-electron chi connectivity index (χ3n) is 6.26. The Bertz CT molecular complexity index is 1520. The number of carbonyl (C=O) groups excluding carboxylic acids is 2. The molecular formula is C26H25N5O4. The molecule has 1 aliphatic heterocycles. The zero-order valence-electron chi connectivity index (χ0n) is 19.6. The fourth-order valence-electron chi connectivity index (χ4n) is 4.16. The molecule has 178 valence electrons. The van der Waals surface area contributed by atoms with Crippen molar-refractivity contribution in [2.75, 3.05) is 5.32 Å². The van der Waals surface area contributed by atoms with Gasteiger partial charge in [-0.2, -0.15) is 0 Å². The number of pyridine rings is 1. The number of aromatic nitrogens is 3. The number of H-pyrrole nitrogens is 1. The van der Waals surface area contributed by atoms with Gasteiger partial charge >= 0.3 is 5.69 Å². The lowest BCUT2D eigenvalue weighted by Crippen LogP contribution is -2.36. The summed E-state index contributed by atoms with van der Waals surface area (Å²) in [5, 5.41) is 5.88. The average molecular weight is 472 g/mol. The molecule has 0 radical (unpaired) electrons. The smallest absolute Gasteiger partial charge is 0.327 e. The standard InChI is InChI=1S/C26H25N5O4/c1-4-21-25(33)29-19-9-8-15(12-22(19)35-21)14(2)28-24(32)17-7-5-6-16(10-17)18-11-20-23(27-13-18)30-26(34)31(20)3/h5-14,21H,4H2,1-3H3,(H,28,32)(H,29,33)(H,27,30,34). The number of hydrogen-bond acceptors (Lipinski definition) is 5. The minimum Gasteiger partial charge on any atom is -0.478 e. The summed E-state index contributed by atoms with van der Waals surface area (Å²) < 4.78 is 7.33. The van der Waals surface area contributed by atoms with Crippen molar-refractivity contribution in [3.8, 4) is 16.9 Å². The molecule has 2 unspecified atom stereocenters. The van der Waals surface area contributed by atoms with Gasteiger partial charge in [0.2, 0.25) is 0 Å². The van der Waals surface area contributed by atoms with Gasteiger partial charge in [-0.25, -0.2) is 9.78 Å². The van der Waals surface area contributed by atoms with E-state index in [-0.39, 0.29) is 23.5 Å². The molecule has 35 heavy (non-hydrogen) atoms. The first-order valence-electron chi connectivity index (χ1n) is 11.4. The second kappa shape index (κ2) is 8.75. The van der Waals surface area contributed by atoms with Crippen LogP contribution in [0.3, 0.4) is 0 Å². The van der Waals surface area contributed by atoms with Crippen LogP contribution in [0.25, 0.3) is 22.3 Å². The third kappa shape index (κ3) is 4.16. The van der Waals surface area contributed by atoms with Gasteiger partial charge in [0.1, 0.15) is 5.75 Å². The van der Waals surface area contributed by atoms with E-state index in [9.17, 15) is 14.4 Å². The molecule has 1 aliphatic rings. The first-order valence-corrected chi connectivity index (χ1v) is 11.4. The average Bonchev–Trinajstić information content (AvgIpc) is 3.15. The highest BCUT2D eigenvalue weighted by atomic mass is 16.5. The van der Waals surface area contributed by atoms with Crippen molar-refractivity contribution in [3.63, 3.8) is 0 Å². The summed E-state index contributed by atoms with van der Waals surface area (Å²) >= 11 is 0. The maximum Gasteiger partial charge on any atom is 0.327 e. The van der Waals surface area contributed by atoms with Crippen molar-refractivity contribution >= 4 is 28.7 Å². The normalized spacial score (nSPS) is 15.7. The predicted octanol–water partition coefficient (Wildman–Crippen LogP) is 3.53. The maximum atomic E-state index is 13.0. The number of aromatic amines is 1. The molecule has 0 spiro atoms. The highest BCUT2D eigenvalue weighted by molar-refractivity contribution is 5.98. The number of nitrogens with zero attached hydrogens (tertiary/aromatic N) is 2. The van der Waals surface area contributed by atoms with Crippen molar-refractivity contribution in [1.82, 2.24) is 19.9 Å². The minimum atomic E-state index is -0.521. The fourth-order valence-corrected chi connectivity index (χ4v) is 4.16. The van der Waals surface area contributed by atoms with Gasteiger partial charge in [-0.05, 0) is 54.8 Å². The van der Waals surface area contributed by atoms with Gasteiger partial charge in [-0.3, -0.25) is 19.1 Å². The molecule has 2 aromatic carbocycles. The number of carbonyl (C=O) groups is 2. The molecule has 5 rings (SSSR count). The summed E-state index contributed by atoms with van der Waals surface area (Å²) in [7, 11) is 1.68. The molecule has 3 N–H and O–H groups in total. The molecule has 0 saturated carbocycles. The maximum absolute atomic E-state index is 13.0. The van der Waals surface area contributed by atoms with Crippen LogP contribution in [-0.4, -0.2) is 32.5 Å². The van der Waals surface area contributed by atoms with Crippen LogP contribution >= 0.6 is 0 Å². The molecule has 0 saturated heterocycles. The van der Waals surface area contributed by atoms with Crippen molar-refractivity contribution in [2.24, 2.45) is 7.05 Å². The number of benzene rings is 2. The molecule has 0 fully saturated rings. The zero-order chi connectivity index (χ0) is 24.7. The first kappa shape index (κ1) is 22.4. The van der Waals surface area contributed by atoms with E-state index < -0.39 is 6.10 Å². The molecular weight excluding hydrogens is 446 g/mol. The van der Waals surface area contributed by atoms with Gasteiger partial charge in [0, 0.05) is 24.4 Å². The Hall–Kier alpha value is -4.40. The van der Waals surface area contributed by atoms with Crippen LogP contribution in [0.4, 0.5) is 5.69 Å². The third-order valence-corrected chi connectivity index (χ3v) is 6.26. The summed E-state index contributed by atoms with van der Waals surface area (Å²) in [5.74, 6) is 0.224. The van der Waals surface area contributed by atoms with Crippen molar-refractivity contribution < 1.29 is 14.3 Å². The number of anilines is 1. The summed E-state index contributed by atoms with van der Waals surface area (Å²) in [4.78, 5) is 44.0. The van der Waals surface area contributed by atoms with E-state index in [0.29, 0.717) is 34.6 Å². The van der Waals surface area contributed by atoms with E-state index in [1.807, 2.05) is 44.2 Å². The van der Waals surface area contributed by atoms with Crippen molar-refractivity contribution in [2.45, 2.75) is 32.4 Å². The van der Waals surface area contributed by atoms with Crippen LogP contribution in [0.5, 0.6) is 5.75 Å². The van der Waals surface area contributed by atoms with Crippen LogP contribution in [0, 0.1) is 0 Å². The Labute approximate surface area is 201 Å². The topological polar surface area (TPSA) is 118 Å². The van der Waals surface area contributed by atoms with E-state index in [1.165, 1.54) is 4.57 Å². The Kier molecular flexibility index (Phi) is 5.60. The van der Waals surface area contributed by atoms with Gasteiger partial charge < -0.3 is 15.4 Å². The minimum absolute atomic E-state index is 0.151. The van der Waals surface area contributed by atoms with E-state index in [4.69, 9.17) is 4.74 Å². The van der Waals surface area contributed by atoms with E-state index in [0.717, 1.165) is 16.7 Å². The first-order chi connectivity index (χ1) is 16.8. The molecule has 0 aliphatic carbocycles. The SMILES string of the molecule is CCC1Oc2cc(C(C)NC(=O)c3cccc(-c4cnc5[nH]c(=O)n(C)c5c4)c3)ccc2NC1=O. The lowest BCUT2D eigenvalue weighted by molar-refractivity contribution is -0.123. The summed E-state index contributed by atoms with van der Waals surface area (Å²) in [5.41, 5.74) is 4.58. The number of fused-ring (bicyclic) bond motifs is 2. The number of aryl methyl sites for hydroxylation is 1. The van der Waals surface area contributed by atoms with Crippen LogP contribution in [0.2, 0.25) is 0 Å². The lowest BCUT2D eigenvalue weighted by Gasteiger charge is -2.26. The Morgan fingerprint density at radius 1 is 1.17 bits per heavy atom. The number of imidazole rings is 1. The number of nitrogens with one attached hydrogen (secondary N) is 3. The zero-order valence-corrected chi connectivity index (χ0v) is 19.6. The van der Waals surface area contributed by atoms with Crippen LogP contribution in [0.15, 0.2) is 59.5 Å². The predicted molar refractivity (Wildman–Crippen MR) is 132 cm³/mol. The van der Waals surface area contributed by atoms with Crippen LogP contribution in [0.1, 0.15) is 42.2 Å². The number of hydrogen-bond donors (Lipinski definition) is 3. The summed E-state index contributed by atoms with van der Waals surface area (Å²) in [6, 6.07) is 14.3. The largest absolute Gasteiger partial charge is 0.478 e.